The molecule has 1 aromatic rings. The second-order valence-corrected chi connectivity index (χ2v) is 6.59. The van der Waals surface area contributed by atoms with Crippen molar-refractivity contribution in [2.75, 3.05) is 19.6 Å². The van der Waals surface area contributed by atoms with E-state index in [9.17, 15) is 22.8 Å². The number of hydrogen-bond acceptors (Lipinski definition) is 2. The number of nitrogens with one attached hydrogen (secondary N) is 1. The predicted molar refractivity (Wildman–Crippen MR) is 86.9 cm³/mol. The zero-order valence-electron chi connectivity index (χ0n) is 12.2. The molecule has 0 aliphatic carbocycles. The molecular formula is C15H16F3IN2O2. The number of rotatable bonds is 3. The number of amides is 2. The Bertz CT molecular complexity index is 584. The van der Waals surface area contributed by atoms with E-state index in [-0.39, 0.29) is 24.9 Å². The quantitative estimate of drug-likeness (QED) is 0.736. The van der Waals surface area contributed by atoms with E-state index in [4.69, 9.17) is 0 Å². The molecule has 4 nitrogen and oxygen atoms in total. The van der Waals surface area contributed by atoms with Gasteiger partial charge in [0.1, 0.15) is 0 Å². The van der Waals surface area contributed by atoms with E-state index in [1.165, 1.54) is 0 Å². The fraction of sp³-hybridized carbons (Fsp3) is 0.467. The molecule has 0 atom stereocenters. The van der Waals surface area contributed by atoms with Gasteiger partial charge < -0.3 is 10.2 Å². The van der Waals surface area contributed by atoms with Crippen molar-refractivity contribution < 1.29 is 22.8 Å². The molecular weight excluding hydrogens is 424 g/mol. The van der Waals surface area contributed by atoms with Gasteiger partial charge in [-0.25, -0.2) is 0 Å². The van der Waals surface area contributed by atoms with Crippen LogP contribution in [0.4, 0.5) is 13.2 Å². The number of carbonyl (C=O) groups excluding carboxylic acids is 2. The summed E-state index contributed by atoms with van der Waals surface area (Å²) in [6.07, 6.45) is -3.91. The third-order valence-electron chi connectivity index (χ3n) is 3.81. The van der Waals surface area contributed by atoms with Crippen molar-refractivity contribution in [1.82, 2.24) is 10.2 Å². The highest BCUT2D eigenvalue weighted by Crippen LogP contribution is 2.23. The number of benzene rings is 1. The van der Waals surface area contributed by atoms with Crippen molar-refractivity contribution in [3.63, 3.8) is 0 Å². The third-order valence-corrected chi connectivity index (χ3v) is 4.75. The van der Waals surface area contributed by atoms with Gasteiger partial charge in [0.2, 0.25) is 0 Å². The van der Waals surface area contributed by atoms with E-state index >= 15 is 0 Å². The zero-order valence-corrected chi connectivity index (χ0v) is 14.4. The van der Waals surface area contributed by atoms with Crippen LogP contribution in [0.5, 0.6) is 0 Å². The summed E-state index contributed by atoms with van der Waals surface area (Å²) in [5, 5.41) is 2.81. The van der Waals surface area contributed by atoms with Crippen LogP contribution in [0.1, 0.15) is 23.2 Å². The first-order valence-electron chi connectivity index (χ1n) is 7.18. The van der Waals surface area contributed by atoms with Gasteiger partial charge in [0.15, 0.2) is 0 Å². The first-order valence-corrected chi connectivity index (χ1v) is 8.25. The van der Waals surface area contributed by atoms with Crippen LogP contribution in [0.25, 0.3) is 0 Å². The van der Waals surface area contributed by atoms with Gasteiger partial charge >= 0.3 is 12.1 Å². The number of nitrogens with zero attached hydrogens (tertiary/aromatic N) is 1. The van der Waals surface area contributed by atoms with E-state index in [0.29, 0.717) is 24.9 Å². The first-order chi connectivity index (χ1) is 10.8. The number of piperidine rings is 1. The van der Waals surface area contributed by atoms with Gasteiger partial charge in [-0.2, -0.15) is 13.2 Å². The minimum absolute atomic E-state index is 0.0712. The molecule has 2 amide bonds. The molecule has 0 unspecified atom stereocenters. The lowest BCUT2D eigenvalue weighted by atomic mass is 9.96. The summed E-state index contributed by atoms with van der Waals surface area (Å²) in [6, 6.07) is 7.17. The molecule has 0 spiro atoms. The second-order valence-electron chi connectivity index (χ2n) is 5.42. The van der Waals surface area contributed by atoms with Crippen LogP contribution >= 0.6 is 22.6 Å². The fourth-order valence-electron chi connectivity index (χ4n) is 2.50. The van der Waals surface area contributed by atoms with Crippen LogP contribution in [0, 0.1) is 9.49 Å². The van der Waals surface area contributed by atoms with Gasteiger partial charge in [0, 0.05) is 23.2 Å². The summed E-state index contributed by atoms with van der Waals surface area (Å²) in [5.41, 5.74) is 0.581. The van der Waals surface area contributed by atoms with E-state index in [1.807, 2.05) is 12.1 Å². The highest BCUT2D eigenvalue weighted by molar-refractivity contribution is 14.1. The van der Waals surface area contributed by atoms with Gasteiger partial charge in [-0.15, -0.1) is 0 Å². The zero-order chi connectivity index (χ0) is 17.0. The molecule has 1 aliphatic heterocycles. The van der Waals surface area contributed by atoms with Crippen molar-refractivity contribution in [2.24, 2.45) is 5.92 Å². The molecule has 1 aliphatic rings. The Hall–Kier alpha value is -1.32. The lowest BCUT2D eigenvalue weighted by Crippen LogP contribution is -2.46. The van der Waals surface area contributed by atoms with Crippen molar-refractivity contribution in [3.8, 4) is 0 Å². The van der Waals surface area contributed by atoms with E-state index in [0.717, 1.165) is 8.47 Å². The average molecular weight is 440 g/mol. The van der Waals surface area contributed by atoms with Crippen molar-refractivity contribution in [1.29, 1.82) is 0 Å². The molecule has 0 radical (unpaired) electrons. The Morgan fingerprint density at radius 1 is 1.22 bits per heavy atom. The largest absolute Gasteiger partial charge is 0.471 e. The summed E-state index contributed by atoms with van der Waals surface area (Å²) in [6.45, 7) is 0.543. The smallest absolute Gasteiger partial charge is 0.352 e. The molecule has 1 fully saturated rings. The molecule has 1 N–H and O–H groups in total. The average Bonchev–Trinajstić information content (AvgIpc) is 2.52. The highest BCUT2D eigenvalue weighted by atomic mass is 127. The molecule has 126 valence electrons. The standard InChI is InChI=1S/C15H16F3IN2O2/c16-15(17,18)14(23)21-7-5-10(6-8-21)9-20-13(22)11-3-1-2-4-12(11)19/h1-4,10H,5-9H2,(H,20,22). The maximum Gasteiger partial charge on any atom is 0.471 e. The van der Waals surface area contributed by atoms with E-state index < -0.39 is 12.1 Å². The van der Waals surface area contributed by atoms with Crippen LogP contribution in [0.15, 0.2) is 24.3 Å². The summed E-state index contributed by atoms with van der Waals surface area (Å²) >= 11 is 2.08. The lowest BCUT2D eigenvalue weighted by molar-refractivity contribution is -0.186. The van der Waals surface area contributed by atoms with Crippen molar-refractivity contribution in [3.05, 3.63) is 33.4 Å². The predicted octanol–water partition coefficient (Wildman–Crippen LogP) is 2.82. The number of halogens is 4. The van der Waals surface area contributed by atoms with Crippen LogP contribution in [0.2, 0.25) is 0 Å². The topological polar surface area (TPSA) is 49.4 Å². The number of hydrogen-bond donors (Lipinski definition) is 1. The maximum absolute atomic E-state index is 12.4. The van der Waals surface area contributed by atoms with Crippen molar-refractivity contribution in [2.45, 2.75) is 19.0 Å². The third kappa shape index (κ3) is 4.82. The minimum Gasteiger partial charge on any atom is -0.352 e. The Morgan fingerprint density at radius 2 is 1.83 bits per heavy atom. The summed E-state index contributed by atoms with van der Waals surface area (Å²) in [5.74, 6) is -1.89. The lowest BCUT2D eigenvalue weighted by Gasteiger charge is -2.32. The van der Waals surface area contributed by atoms with Crippen LogP contribution in [0.3, 0.4) is 0 Å². The minimum atomic E-state index is -4.81. The molecule has 23 heavy (non-hydrogen) atoms. The van der Waals surface area contributed by atoms with Crippen LogP contribution in [-0.2, 0) is 4.79 Å². The Kier molecular flexibility index (Phi) is 5.88. The normalized spacial score (nSPS) is 16.3. The van der Waals surface area contributed by atoms with Gasteiger partial charge in [0.05, 0.1) is 5.56 Å². The van der Waals surface area contributed by atoms with E-state index in [1.54, 1.807) is 12.1 Å². The summed E-state index contributed by atoms with van der Waals surface area (Å²) in [4.78, 5) is 24.1. The monoisotopic (exact) mass is 440 g/mol. The Labute approximate surface area is 145 Å². The van der Waals surface area contributed by atoms with Gasteiger partial charge in [-0.05, 0) is 53.5 Å². The van der Waals surface area contributed by atoms with Crippen molar-refractivity contribution >= 4 is 34.4 Å². The fourth-order valence-corrected chi connectivity index (χ4v) is 3.13. The number of alkyl halides is 3. The molecule has 1 heterocycles. The van der Waals surface area contributed by atoms with E-state index in [2.05, 4.69) is 27.9 Å². The molecule has 1 saturated heterocycles. The highest BCUT2D eigenvalue weighted by Gasteiger charge is 2.43. The number of carbonyl (C=O) groups is 2. The Morgan fingerprint density at radius 3 is 2.39 bits per heavy atom. The molecule has 0 saturated carbocycles. The summed E-state index contributed by atoms with van der Waals surface area (Å²) in [7, 11) is 0. The molecule has 2 rings (SSSR count). The first kappa shape index (κ1) is 18.0. The SMILES string of the molecule is O=C(NCC1CCN(C(=O)C(F)(F)F)CC1)c1ccccc1I. The summed E-state index contributed by atoms with van der Waals surface area (Å²) < 4.78 is 37.9. The van der Waals surface area contributed by atoms with Crippen LogP contribution < -0.4 is 5.32 Å². The van der Waals surface area contributed by atoms with Gasteiger partial charge in [-0.3, -0.25) is 9.59 Å². The second kappa shape index (κ2) is 7.50. The number of likely N-dealkylation sites (tertiary alicyclic amines) is 1. The molecule has 8 heteroatoms. The van der Waals surface area contributed by atoms with Gasteiger partial charge in [-0.1, -0.05) is 12.1 Å². The molecule has 1 aromatic carbocycles. The van der Waals surface area contributed by atoms with Gasteiger partial charge in [0.25, 0.3) is 5.91 Å². The Balaban J connectivity index is 1.80. The maximum atomic E-state index is 12.4. The molecule has 0 aromatic heterocycles. The van der Waals surface area contributed by atoms with Crippen LogP contribution in [-0.4, -0.2) is 42.5 Å². The molecule has 0 bridgehead atoms.